The Morgan fingerprint density at radius 3 is 2.29 bits per heavy atom. The molecule has 0 unspecified atom stereocenters. The van der Waals surface area contributed by atoms with Crippen molar-refractivity contribution in [3.05, 3.63) is 63.5 Å². The minimum Gasteiger partial charge on any atom is -0.339 e. The number of halogens is 4. The van der Waals surface area contributed by atoms with E-state index in [1.807, 2.05) is 0 Å². The maximum atomic E-state index is 13.2. The second-order valence-corrected chi connectivity index (χ2v) is 5.89. The van der Waals surface area contributed by atoms with E-state index >= 15 is 0 Å². The quantitative estimate of drug-likeness (QED) is 0.625. The molecule has 0 bridgehead atoms. The van der Waals surface area contributed by atoms with E-state index in [0.717, 1.165) is 0 Å². The van der Waals surface area contributed by atoms with Crippen LogP contribution in [0.4, 0.5) is 27.5 Å². The molecule has 24 heavy (non-hydrogen) atoms. The second-order valence-electron chi connectivity index (χ2n) is 4.67. The molecule has 0 spiro atoms. The highest BCUT2D eigenvalue weighted by Crippen LogP contribution is 2.27. The standard InChI is InChI=1S/C15H9Cl3FN5/c16-10-3-1-8(5-11(10)17)21-14-7-20-24-15(23-14)22-9-2-4-13(19)12(18)6-9/h1-7H,(H2,21,22,23,24). The monoisotopic (exact) mass is 383 g/mol. The molecular weight excluding hydrogens is 376 g/mol. The largest absolute Gasteiger partial charge is 0.339 e. The molecule has 122 valence electrons. The lowest BCUT2D eigenvalue weighted by Crippen LogP contribution is -2.02. The van der Waals surface area contributed by atoms with Gasteiger partial charge in [-0.15, -0.1) is 5.10 Å². The Labute approximate surface area is 151 Å². The fourth-order valence-corrected chi connectivity index (χ4v) is 2.32. The molecule has 0 saturated carbocycles. The van der Waals surface area contributed by atoms with Crippen LogP contribution >= 0.6 is 34.8 Å². The lowest BCUT2D eigenvalue weighted by atomic mass is 10.3. The first-order valence-corrected chi connectivity index (χ1v) is 7.78. The van der Waals surface area contributed by atoms with Gasteiger partial charge in [-0.1, -0.05) is 34.8 Å². The Balaban J connectivity index is 1.78. The molecule has 3 rings (SSSR count). The summed E-state index contributed by atoms with van der Waals surface area (Å²) in [5.41, 5.74) is 1.23. The van der Waals surface area contributed by atoms with Crippen LogP contribution < -0.4 is 10.6 Å². The number of nitrogens with one attached hydrogen (secondary N) is 2. The van der Waals surface area contributed by atoms with E-state index in [1.54, 1.807) is 18.2 Å². The molecule has 0 atom stereocenters. The van der Waals surface area contributed by atoms with Crippen molar-refractivity contribution in [2.45, 2.75) is 0 Å². The van der Waals surface area contributed by atoms with Crippen LogP contribution in [0.25, 0.3) is 0 Å². The number of aromatic nitrogens is 3. The summed E-state index contributed by atoms with van der Waals surface area (Å²) in [6, 6.07) is 9.28. The van der Waals surface area contributed by atoms with E-state index in [4.69, 9.17) is 34.8 Å². The van der Waals surface area contributed by atoms with Crippen LogP contribution in [0.5, 0.6) is 0 Å². The maximum Gasteiger partial charge on any atom is 0.249 e. The number of anilines is 4. The molecule has 0 amide bonds. The summed E-state index contributed by atoms with van der Waals surface area (Å²) in [4.78, 5) is 4.26. The SMILES string of the molecule is Fc1ccc(Nc2nncc(Nc3ccc(Cl)c(Cl)c3)n2)cc1Cl. The third-order valence-electron chi connectivity index (χ3n) is 2.93. The van der Waals surface area contributed by atoms with Crippen LogP contribution in [-0.2, 0) is 0 Å². The van der Waals surface area contributed by atoms with E-state index < -0.39 is 5.82 Å². The zero-order valence-corrected chi connectivity index (χ0v) is 14.2. The minimum absolute atomic E-state index is 0.00181. The fourth-order valence-electron chi connectivity index (χ4n) is 1.84. The lowest BCUT2D eigenvalue weighted by Gasteiger charge is -2.08. The Bertz CT molecular complexity index is 822. The molecule has 0 saturated heterocycles. The summed E-state index contributed by atoms with van der Waals surface area (Å²) in [6.45, 7) is 0. The van der Waals surface area contributed by atoms with Crippen LogP contribution in [0.15, 0.2) is 42.6 Å². The van der Waals surface area contributed by atoms with Gasteiger partial charge in [-0.05, 0) is 36.4 Å². The van der Waals surface area contributed by atoms with Gasteiger partial charge in [0, 0.05) is 11.4 Å². The van der Waals surface area contributed by atoms with E-state index in [2.05, 4.69) is 25.8 Å². The number of hydrogen-bond donors (Lipinski definition) is 2. The molecule has 2 N–H and O–H groups in total. The second kappa shape index (κ2) is 7.17. The van der Waals surface area contributed by atoms with Crippen LogP contribution in [-0.4, -0.2) is 15.2 Å². The predicted molar refractivity (Wildman–Crippen MR) is 94.3 cm³/mol. The first-order chi connectivity index (χ1) is 11.5. The molecule has 9 heteroatoms. The summed E-state index contributed by atoms with van der Waals surface area (Å²) in [6.07, 6.45) is 1.45. The first kappa shape index (κ1) is 16.7. The molecule has 0 radical (unpaired) electrons. The van der Waals surface area contributed by atoms with Crippen molar-refractivity contribution in [1.29, 1.82) is 0 Å². The third kappa shape index (κ3) is 4.03. The average molecular weight is 385 g/mol. The van der Waals surface area contributed by atoms with E-state index in [9.17, 15) is 4.39 Å². The number of benzene rings is 2. The van der Waals surface area contributed by atoms with Crippen molar-refractivity contribution in [2.24, 2.45) is 0 Å². The van der Waals surface area contributed by atoms with E-state index in [0.29, 0.717) is 27.2 Å². The van der Waals surface area contributed by atoms with E-state index in [1.165, 1.54) is 24.4 Å². The van der Waals surface area contributed by atoms with Gasteiger partial charge in [0.1, 0.15) is 5.82 Å². The Kier molecular flexibility index (Phi) is 4.99. The van der Waals surface area contributed by atoms with Crippen molar-refractivity contribution in [3.8, 4) is 0 Å². The van der Waals surface area contributed by atoms with Crippen LogP contribution in [0, 0.1) is 5.82 Å². The Morgan fingerprint density at radius 2 is 1.54 bits per heavy atom. The van der Waals surface area contributed by atoms with Crippen molar-refractivity contribution in [3.63, 3.8) is 0 Å². The van der Waals surface area contributed by atoms with Crippen molar-refractivity contribution >= 4 is 57.9 Å². The Hall–Kier alpha value is -2.15. The van der Waals surface area contributed by atoms with Gasteiger partial charge < -0.3 is 10.6 Å². The first-order valence-electron chi connectivity index (χ1n) is 6.65. The highest BCUT2D eigenvalue weighted by molar-refractivity contribution is 6.42. The van der Waals surface area contributed by atoms with Gasteiger partial charge in [0.05, 0.1) is 21.3 Å². The highest BCUT2D eigenvalue weighted by atomic mass is 35.5. The van der Waals surface area contributed by atoms with Gasteiger partial charge in [0.2, 0.25) is 5.95 Å². The van der Waals surface area contributed by atoms with Gasteiger partial charge in [0.25, 0.3) is 0 Å². The van der Waals surface area contributed by atoms with Crippen molar-refractivity contribution in [2.75, 3.05) is 10.6 Å². The smallest absolute Gasteiger partial charge is 0.249 e. The zero-order valence-electron chi connectivity index (χ0n) is 11.9. The molecule has 0 fully saturated rings. The molecule has 5 nitrogen and oxygen atoms in total. The van der Waals surface area contributed by atoms with Gasteiger partial charge in [0.15, 0.2) is 5.82 Å². The molecule has 1 heterocycles. The van der Waals surface area contributed by atoms with Gasteiger partial charge in [-0.25, -0.2) is 4.39 Å². The molecule has 2 aromatic carbocycles. The van der Waals surface area contributed by atoms with Crippen molar-refractivity contribution < 1.29 is 4.39 Å². The number of rotatable bonds is 4. The van der Waals surface area contributed by atoms with Crippen LogP contribution in [0.3, 0.4) is 0 Å². The van der Waals surface area contributed by atoms with Crippen LogP contribution in [0.1, 0.15) is 0 Å². The predicted octanol–water partition coefficient (Wildman–Crippen LogP) is 5.46. The Morgan fingerprint density at radius 1 is 0.833 bits per heavy atom. The minimum atomic E-state index is -0.503. The highest BCUT2D eigenvalue weighted by Gasteiger charge is 2.06. The molecule has 0 aliphatic heterocycles. The number of hydrogen-bond acceptors (Lipinski definition) is 5. The third-order valence-corrected chi connectivity index (χ3v) is 3.96. The molecule has 3 aromatic rings. The van der Waals surface area contributed by atoms with Gasteiger partial charge in [-0.3, -0.25) is 0 Å². The maximum absolute atomic E-state index is 13.2. The summed E-state index contributed by atoms with van der Waals surface area (Å²) in [5.74, 6) is 0.165. The molecular formula is C15H9Cl3FN5. The van der Waals surface area contributed by atoms with E-state index in [-0.39, 0.29) is 11.0 Å². The summed E-state index contributed by atoms with van der Waals surface area (Å²) >= 11 is 17.6. The molecule has 0 aliphatic rings. The molecule has 1 aromatic heterocycles. The topological polar surface area (TPSA) is 62.7 Å². The summed E-state index contributed by atoms with van der Waals surface area (Å²) in [7, 11) is 0. The summed E-state index contributed by atoms with van der Waals surface area (Å²) < 4.78 is 13.2. The lowest BCUT2D eigenvalue weighted by molar-refractivity contribution is 0.628. The zero-order chi connectivity index (χ0) is 17.1. The summed E-state index contributed by atoms with van der Waals surface area (Å²) in [5, 5.41) is 14.5. The molecule has 0 aliphatic carbocycles. The van der Waals surface area contributed by atoms with Crippen molar-refractivity contribution in [1.82, 2.24) is 15.2 Å². The normalized spacial score (nSPS) is 10.5. The van der Waals surface area contributed by atoms with Gasteiger partial charge in [-0.2, -0.15) is 10.1 Å². The number of nitrogens with zero attached hydrogens (tertiary/aromatic N) is 3. The van der Waals surface area contributed by atoms with Crippen LogP contribution in [0.2, 0.25) is 15.1 Å². The average Bonchev–Trinajstić information content (AvgIpc) is 2.55. The van der Waals surface area contributed by atoms with Gasteiger partial charge >= 0.3 is 0 Å². The fraction of sp³-hybridized carbons (Fsp3) is 0.